The number of hydrogen-bond donors (Lipinski definition) is 0. The van der Waals surface area contributed by atoms with Gasteiger partial charge in [-0.05, 0) is 29.5 Å². The highest BCUT2D eigenvalue weighted by molar-refractivity contribution is 5.98. The van der Waals surface area contributed by atoms with Gasteiger partial charge in [-0.25, -0.2) is 9.78 Å². The number of likely N-dealkylation sites (tertiary alicyclic amines) is 1. The number of aromatic nitrogens is 2. The molecule has 0 unspecified atom stereocenters. The molecule has 3 amide bonds. The van der Waals surface area contributed by atoms with E-state index in [-0.39, 0.29) is 23.1 Å². The van der Waals surface area contributed by atoms with Crippen LogP contribution in [-0.4, -0.2) is 75.3 Å². The molecule has 0 aromatic carbocycles. The summed E-state index contributed by atoms with van der Waals surface area (Å²) in [4.78, 5) is 51.0. The van der Waals surface area contributed by atoms with E-state index in [2.05, 4.69) is 14.9 Å². The van der Waals surface area contributed by atoms with Crippen molar-refractivity contribution in [1.29, 1.82) is 0 Å². The van der Waals surface area contributed by atoms with Crippen molar-refractivity contribution in [1.82, 2.24) is 24.7 Å². The molecule has 0 radical (unpaired) electrons. The fraction of sp³-hybridized carbons (Fsp3) is 0.480. The minimum Gasteiger partial charge on any atom is -0.391 e. The van der Waals surface area contributed by atoms with E-state index in [1.54, 1.807) is 23.4 Å². The van der Waals surface area contributed by atoms with Gasteiger partial charge in [-0.15, -0.1) is 0 Å². The normalized spacial score (nSPS) is 18.8. The quantitative estimate of drug-likeness (QED) is 0.605. The monoisotopic (exact) mass is 465 g/mol. The Morgan fingerprint density at radius 1 is 1.00 bits per heavy atom. The molecule has 2 aromatic rings. The number of pyridine rings is 2. The number of hydrogen-bond acceptors (Lipinski definition) is 7. The summed E-state index contributed by atoms with van der Waals surface area (Å²) in [5.41, 5.74) is 1.61. The standard InChI is InChI=1S/C25H31N5O4/c1-25(2)15-22(31)30(23(32)16-25)10-8-19-6-7-21(27-17-19)34-24(33)29-13-11-28(12-14-29)18-20-5-3-4-9-26-20/h3-7,9,17H,8,10-16,18H2,1-2H3. The lowest BCUT2D eigenvalue weighted by molar-refractivity contribution is -0.152. The zero-order valence-corrected chi connectivity index (χ0v) is 19.8. The highest BCUT2D eigenvalue weighted by Crippen LogP contribution is 2.31. The lowest BCUT2D eigenvalue weighted by Crippen LogP contribution is -2.49. The number of carbonyl (C=O) groups excluding carboxylic acids is 3. The molecule has 2 aromatic heterocycles. The molecule has 34 heavy (non-hydrogen) atoms. The Labute approximate surface area is 199 Å². The second kappa shape index (κ2) is 10.3. The van der Waals surface area contributed by atoms with Gasteiger partial charge in [0.2, 0.25) is 17.7 Å². The van der Waals surface area contributed by atoms with E-state index in [4.69, 9.17) is 4.74 Å². The zero-order chi connectivity index (χ0) is 24.1. The van der Waals surface area contributed by atoms with E-state index in [9.17, 15) is 14.4 Å². The molecule has 2 aliphatic heterocycles. The molecule has 9 heteroatoms. The molecule has 180 valence electrons. The summed E-state index contributed by atoms with van der Waals surface area (Å²) in [6.45, 7) is 7.64. The van der Waals surface area contributed by atoms with Crippen LogP contribution in [0.1, 0.15) is 37.9 Å². The van der Waals surface area contributed by atoms with Gasteiger partial charge in [0, 0.05) is 70.6 Å². The van der Waals surface area contributed by atoms with Gasteiger partial charge in [0.25, 0.3) is 0 Å². The van der Waals surface area contributed by atoms with Crippen molar-refractivity contribution in [2.45, 2.75) is 39.7 Å². The maximum atomic E-state index is 12.5. The van der Waals surface area contributed by atoms with Gasteiger partial charge in [-0.2, -0.15) is 0 Å². The Hall–Kier alpha value is -3.33. The molecular formula is C25H31N5O4. The molecule has 0 atom stereocenters. The number of amides is 3. The van der Waals surface area contributed by atoms with Gasteiger partial charge in [-0.1, -0.05) is 26.0 Å². The second-order valence-corrected chi connectivity index (χ2v) is 9.66. The second-order valence-electron chi connectivity index (χ2n) is 9.66. The minimum absolute atomic E-state index is 0.125. The van der Waals surface area contributed by atoms with E-state index < -0.39 is 6.09 Å². The Morgan fingerprint density at radius 3 is 2.35 bits per heavy atom. The van der Waals surface area contributed by atoms with E-state index in [0.717, 1.165) is 30.9 Å². The third-order valence-electron chi connectivity index (χ3n) is 6.22. The van der Waals surface area contributed by atoms with Crippen LogP contribution in [-0.2, 0) is 22.6 Å². The lowest BCUT2D eigenvalue weighted by Gasteiger charge is -2.34. The number of ether oxygens (including phenoxy) is 1. The van der Waals surface area contributed by atoms with Gasteiger partial charge < -0.3 is 9.64 Å². The van der Waals surface area contributed by atoms with Crippen LogP contribution in [0.5, 0.6) is 5.88 Å². The molecule has 4 rings (SSSR count). The summed E-state index contributed by atoms with van der Waals surface area (Å²) in [5.74, 6) is -0.0173. The predicted molar refractivity (Wildman–Crippen MR) is 125 cm³/mol. The zero-order valence-electron chi connectivity index (χ0n) is 19.8. The third-order valence-corrected chi connectivity index (χ3v) is 6.22. The molecule has 9 nitrogen and oxygen atoms in total. The average molecular weight is 466 g/mol. The molecule has 2 fully saturated rings. The Kier molecular flexibility index (Phi) is 7.21. The predicted octanol–water partition coefficient (Wildman–Crippen LogP) is 2.51. The summed E-state index contributed by atoms with van der Waals surface area (Å²) in [5, 5.41) is 0. The Morgan fingerprint density at radius 2 is 1.74 bits per heavy atom. The van der Waals surface area contributed by atoms with Crippen molar-refractivity contribution in [3.05, 3.63) is 54.0 Å². The number of carbonyl (C=O) groups is 3. The van der Waals surface area contributed by atoms with Gasteiger partial charge in [-0.3, -0.25) is 24.4 Å². The van der Waals surface area contributed by atoms with Crippen LogP contribution in [0, 0.1) is 5.41 Å². The first-order valence-electron chi connectivity index (χ1n) is 11.7. The molecule has 2 saturated heterocycles. The molecular weight excluding hydrogens is 434 g/mol. The average Bonchev–Trinajstić information content (AvgIpc) is 2.80. The summed E-state index contributed by atoms with van der Waals surface area (Å²) < 4.78 is 5.44. The molecule has 4 heterocycles. The first-order chi connectivity index (χ1) is 16.3. The molecule has 0 N–H and O–H groups in total. The first kappa shape index (κ1) is 23.8. The van der Waals surface area contributed by atoms with Crippen molar-refractivity contribution in [2.75, 3.05) is 32.7 Å². The number of imide groups is 1. The first-order valence-corrected chi connectivity index (χ1v) is 11.7. The van der Waals surface area contributed by atoms with E-state index in [1.807, 2.05) is 38.1 Å². The van der Waals surface area contributed by atoms with Gasteiger partial charge >= 0.3 is 6.09 Å². The fourth-order valence-electron chi connectivity index (χ4n) is 4.28. The maximum absolute atomic E-state index is 12.5. The smallest absolute Gasteiger partial charge is 0.391 e. The summed E-state index contributed by atoms with van der Waals surface area (Å²) in [6.07, 6.45) is 4.26. The van der Waals surface area contributed by atoms with Crippen LogP contribution in [0.25, 0.3) is 0 Å². The molecule has 0 spiro atoms. The third kappa shape index (κ3) is 6.17. The van der Waals surface area contributed by atoms with Crippen LogP contribution < -0.4 is 4.74 Å². The van der Waals surface area contributed by atoms with Crippen molar-refractivity contribution < 1.29 is 19.1 Å². The van der Waals surface area contributed by atoms with E-state index in [1.165, 1.54) is 4.90 Å². The Bertz CT molecular complexity index is 997. The number of rotatable bonds is 6. The molecule has 0 aliphatic carbocycles. The summed E-state index contributed by atoms with van der Waals surface area (Å²) in [6, 6.07) is 9.33. The topological polar surface area (TPSA) is 95.9 Å². The number of piperazine rings is 1. The number of piperidine rings is 1. The van der Waals surface area contributed by atoms with Crippen LogP contribution >= 0.6 is 0 Å². The Balaban J connectivity index is 1.22. The van der Waals surface area contributed by atoms with Gasteiger partial charge in [0.15, 0.2) is 0 Å². The SMILES string of the molecule is CC1(C)CC(=O)N(CCc2ccc(OC(=O)N3CCN(Cc4ccccn4)CC3)nc2)C(=O)C1. The van der Waals surface area contributed by atoms with Crippen molar-refractivity contribution in [3.63, 3.8) is 0 Å². The maximum Gasteiger partial charge on any atom is 0.416 e. The molecule has 2 aliphatic rings. The van der Waals surface area contributed by atoms with E-state index in [0.29, 0.717) is 38.9 Å². The summed E-state index contributed by atoms with van der Waals surface area (Å²) >= 11 is 0. The van der Waals surface area contributed by atoms with Crippen molar-refractivity contribution >= 4 is 17.9 Å². The highest BCUT2D eigenvalue weighted by Gasteiger charge is 2.37. The fourth-order valence-corrected chi connectivity index (χ4v) is 4.28. The van der Waals surface area contributed by atoms with Gasteiger partial charge in [0.1, 0.15) is 0 Å². The van der Waals surface area contributed by atoms with Crippen LogP contribution in [0.4, 0.5) is 4.79 Å². The molecule has 0 saturated carbocycles. The van der Waals surface area contributed by atoms with Crippen molar-refractivity contribution in [3.8, 4) is 5.88 Å². The van der Waals surface area contributed by atoms with Gasteiger partial charge in [0.05, 0.1) is 5.69 Å². The lowest BCUT2D eigenvalue weighted by atomic mass is 9.81. The van der Waals surface area contributed by atoms with Crippen LogP contribution in [0.3, 0.4) is 0 Å². The number of nitrogens with zero attached hydrogens (tertiary/aromatic N) is 5. The highest BCUT2D eigenvalue weighted by atomic mass is 16.6. The van der Waals surface area contributed by atoms with Crippen molar-refractivity contribution in [2.24, 2.45) is 5.41 Å². The summed E-state index contributed by atoms with van der Waals surface area (Å²) in [7, 11) is 0. The van der Waals surface area contributed by atoms with Crippen LogP contribution in [0.2, 0.25) is 0 Å². The minimum atomic E-state index is -0.412. The molecule has 0 bridgehead atoms. The van der Waals surface area contributed by atoms with E-state index >= 15 is 0 Å². The van der Waals surface area contributed by atoms with Crippen LogP contribution in [0.15, 0.2) is 42.7 Å². The largest absolute Gasteiger partial charge is 0.416 e.